The Morgan fingerprint density at radius 1 is 1.50 bits per heavy atom. The third kappa shape index (κ3) is 4.34. The summed E-state index contributed by atoms with van der Waals surface area (Å²) in [6.45, 7) is 5.34. The molecule has 0 heterocycles. The zero-order valence-electron chi connectivity index (χ0n) is 8.29. The molecule has 0 N–H and O–H groups in total. The highest BCUT2D eigenvalue weighted by atomic mass is 16.6. The van der Waals surface area contributed by atoms with Crippen molar-refractivity contribution in [2.24, 2.45) is 0 Å². The van der Waals surface area contributed by atoms with Crippen molar-refractivity contribution in [2.45, 2.75) is 45.8 Å². The molecule has 0 saturated heterocycles. The molecule has 0 aromatic rings. The molecule has 0 amide bonds. The fraction of sp³-hybridized carbons (Fsp3) is 0.889. The fourth-order valence-corrected chi connectivity index (χ4v) is 1.17. The van der Waals surface area contributed by atoms with Crippen LogP contribution in [0.25, 0.3) is 0 Å². The summed E-state index contributed by atoms with van der Waals surface area (Å²) in [6, 6.07) is 0. The van der Waals surface area contributed by atoms with Crippen molar-refractivity contribution in [2.75, 3.05) is 7.11 Å². The van der Waals surface area contributed by atoms with E-state index >= 15 is 0 Å². The second kappa shape index (κ2) is 6.00. The summed E-state index contributed by atoms with van der Waals surface area (Å²) in [4.78, 5) is 10.6. The number of rotatable bonds is 5. The molecule has 12 heavy (non-hydrogen) atoms. The molecule has 0 aromatic heterocycles. The van der Waals surface area contributed by atoms with Gasteiger partial charge in [-0.2, -0.15) is 0 Å². The van der Waals surface area contributed by atoms with Crippen molar-refractivity contribution in [3.05, 3.63) is 0 Å². The summed E-state index contributed by atoms with van der Waals surface area (Å²) in [5, 5.41) is 0. The highest BCUT2D eigenvalue weighted by molar-refractivity contribution is 5.66. The minimum absolute atomic E-state index is 0.0268. The summed E-state index contributed by atoms with van der Waals surface area (Å²) in [5.41, 5.74) is 0. The van der Waals surface area contributed by atoms with E-state index in [1.54, 1.807) is 7.11 Å². The first-order valence-corrected chi connectivity index (χ1v) is 4.31. The Kier molecular flexibility index (Phi) is 5.72. The van der Waals surface area contributed by atoms with Gasteiger partial charge in [0.25, 0.3) is 0 Å². The second-order valence-electron chi connectivity index (χ2n) is 2.88. The average molecular weight is 174 g/mol. The summed E-state index contributed by atoms with van der Waals surface area (Å²) < 4.78 is 10.2. The Hall–Kier alpha value is -0.570. The summed E-state index contributed by atoms with van der Waals surface area (Å²) >= 11 is 0. The van der Waals surface area contributed by atoms with E-state index < -0.39 is 0 Å². The number of carbonyl (C=O) groups is 1. The van der Waals surface area contributed by atoms with E-state index in [-0.39, 0.29) is 18.2 Å². The zero-order valence-corrected chi connectivity index (χ0v) is 8.29. The lowest BCUT2D eigenvalue weighted by Gasteiger charge is -2.21. The van der Waals surface area contributed by atoms with E-state index in [4.69, 9.17) is 9.47 Å². The van der Waals surface area contributed by atoms with Gasteiger partial charge in [-0.1, -0.05) is 13.3 Å². The number of esters is 1. The van der Waals surface area contributed by atoms with Crippen molar-refractivity contribution < 1.29 is 14.3 Å². The Morgan fingerprint density at radius 3 is 2.42 bits per heavy atom. The van der Waals surface area contributed by atoms with Gasteiger partial charge in [-0.3, -0.25) is 4.79 Å². The maximum Gasteiger partial charge on any atom is 0.302 e. The Balaban J connectivity index is 3.84. The van der Waals surface area contributed by atoms with E-state index in [0.717, 1.165) is 12.8 Å². The monoisotopic (exact) mass is 174 g/mol. The average Bonchev–Trinajstić information content (AvgIpc) is 1.98. The number of ether oxygens (including phenoxy) is 2. The Morgan fingerprint density at radius 2 is 2.08 bits per heavy atom. The molecule has 0 radical (unpaired) electrons. The van der Waals surface area contributed by atoms with Crippen LogP contribution < -0.4 is 0 Å². The van der Waals surface area contributed by atoms with Gasteiger partial charge in [-0.25, -0.2) is 0 Å². The van der Waals surface area contributed by atoms with Crippen LogP contribution in [0.2, 0.25) is 0 Å². The predicted molar refractivity (Wildman–Crippen MR) is 46.9 cm³/mol. The smallest absolute Gasteiger partial charge is 0.302 e. The van der Waals surface area contributed by atoms with Crippen molar-refractivity contribution in [1.82, 2.24) is 0 Å². The van der Waals surface area contributed by atoms with Gasteiger partial charge in [-0.05, 0) is 13.3 Å². The molecule has 0 aliphatic carbocycles. The van der Waals surface area contributed by atoms with Crippen LogP contribution in [0.5, 0.6) is 0 Å². The SMILES string of the molecule is CCCC(OC)C(C)OC(C)=O. The Labute approximate surface area is 74.0 Å². The maximum atomic E-state index is 10.6. The van der Waals surface area contributed by atoms with Crippen LogP contribution >= 0.6 is 0 Å². The second-order valence-corrected chi connectivity index (χ2v) is 2.88. The number of hydrogen-bond donors (Lipinski definition) is 0. The predicted octanol–water partition coefficient (Wildman–Crippen LogP) is 1.75. The van der Waals surface area contributed by atoms with E-state index in [1.807, 2.05) is 6.92 Å². The van der Waals surface area contributed by atoms with Crippen LogP contribution in [-0.2, 0) is 14.3 Å². The first kappa shape index (κ1) is 11.4. The van der Waals surface area contributed by atoms with Crippen LogP contribution in [0.15, 0.2) is 0 Å². The molecular formula is C9H18O3. The minimum atomic E-state index is -0.249. The van der Waals surface area contributed by atoms with Crippen LogP contribution in [0.4, 0.5) is 0 Å². The number of methoxy groups -OCH3 is 1. The molecule has 0 aromatic carbocycles. The molecule has 0 saturated carbocycles. The van der Waals surface area contributed by atoms with Gasteiger partial charge in [0.15, 0.2) is 0 Å². The van der Waals surface area contributed by atoms with Gasteiger partial charge in [0, 0.05) is 14.0 Å². The fourth-order valence-electron chi connectivity index (χ4n) is 1.17. The quantitative estimate of drug-likeness (QED) is 0.596. The van der Waals surface area contributed by atoms with Crippen molar-refractivity contribution in [1.29, 1.82) is 0 Å². The van der Waals surface area contributed by atoms with Crippen LogP contribution in [0, 0.1) is 0 Å². The third-order valence-corrected chi connectivity index (χ3v) is 1.75. The standard InChI is InChI=1S/C9H18O3/c1-5-6-9(11-4)7(2)12-8(3)10/h7,9H,5-6H2,1-4H3. The highest BCUT2D eigenvalue weighted by Crippen LogP contribution is 2.09. The molecule has 0 fully saturated rings. The summed E-state index contributed by atoms with van der Waals surface area (Å²) in [5.74, 6) is -0.249. The molecule has 2 unspecified atom stereocenters. The van der Waals surface area contributed by atoms with Crippen molar-refractivity contribution in [3.8, 4) is 0 Å². The minimum Gasteiger partial charge on any atom is -0.460 e. The normalized spacial score (nSPS) is 15.3. The van der Waals surface area contributed by atoms with Crippen LogP contribution in [0.1, 0.15) is 33.6 Å². The van der Waals surface area contributed by atoms with Crippen molar-refractivity contribution in [3.63, 3.8) is 0 Å². The molecule has 3 nitrogen and oxygen atoms in total. The lowest BCUT2D eigenvalue weighted by Crippen LogP contribution is -2.29. The lowest BCUT2D eigenvalue weighted by molar-refractivity contribution is -0.152. The first-order chi connectivity index (χ1) is 5.61. The molecule has 0 rings (SSSR count). The highest BCUT2D eigenvalue weighted by Gasteiger charge is 2.17. The van der Waals surface area contributed by atoms with Gasteiger partial charge in [0.2, 0.25) is 0 Å². The first-order valence-electron chi connectivity index (χ1n) is 4.31. The third-order valence-electron chi connectivity index (χ3n) is 1.75. The zero-order chi connectivity index (χ0) is 9.56. The molecule has 0 aliphatic rings. The van der Waals surface area contributed by atoms with Gasteiger partial charge < -0.3 is 9.47 Å². The molecular weight excluding hydrogens is 156 g/mol. The van der Waals surface area contributed by atoms with E-state index in [2.05, 4.69) is 6.92 Å². The largest absolute Gasteiger partial charge is 0.460 e. The van der Waals surface area contributed by atoms with E-state index in [1.165, 1.54) is 6.92 Å². The molecule has 72 valence electrons. The van der Waals surface area contributed by atoms with Gasteiger partial charge >= 0.3 is 5.97 Å². The maximum absolute atomic E-state index is 10.6. The topological polar surface area (TPSA) is 35.5 Å². The van der Waals surface area contributed by atoms with Crippen LogP contribution in [0.3, 0.4) is 0 Å². The molecule has 0 bridgehead atoms. The van der Waals surface area contributed by atoms with Gasteiger partial charge in [0.05, 0.1) is 6.10 Å². The van der Waals surface area contributed by atoms with Gasteiger partial charge in [-0.15, -0.1) is 0 Å². The summed E-state index contributed by atoms with van der Waals surface area (Å²) in [6.07, 6.45) is 1.83. The van der Waals surface area contributed by atoms with Crippen LogP contribution in [-0.4, -0.2) is 25.3 Å². The number of carbonyl (C=O) groups excluding carboxylic acids is 1. The lowest BCUT2D eigenvalue weighted by atomic mass is 10.1. The Bertz CT molecular complexity index is 134. The molecule has 0 spiro atoms. The number of hydrogen-bond acceptors (Lipinski definition) is 3. The van der Waals surface area contributed by atoms with E-state index in [9.17, 15) is 4.79 Å². The molecule has 3 heteroatoms. The van der Waals surface area contributed by atoms with Gasteiger partial charge in [0.1, 0.15) is 6.10 Å². The molecule has 0 aliphatic heterocycles. The molecule has 2 atom stereocenters. The summed E-state index contributed by atoms with van der Waals surface area (Å²) in [7, 11) is 1.64. The van der Waals surface area contributed by atoms with E-state index in [0.29, 0.717) is 0 Å². The van der Waals surface area contributed by atoms with Crippen molar-refractivity contribution >= 4 is 5.97 Å².